The van der Waals surface area contributed by atoms with Gasteiger partial charge < -0.3 is 5.32 Å². The van der Waals surface area contributed by atoms with E-state index in [1.54, 1.807) is 0 Å². The summed E-state index contributed by atoms with van der Waals surface area (Å²) < 4.78 is 0. The third-order valence-corrected chi connectivity index (χ3v) is 5.29. The Bertz CT molecular complexity index is 1200. The van der Waals surface area contributed by atoms with E-state index < -0.39 is 0 Å². The molecule has 1 aromatic heterocycles. The monoisotopic (exact) mass is 386 g/mol. The maximum atomic E-state index is 13.2. The fourth-order valence-corrected chi connectivity index (χ4v) is 3.48. The summed E-state index contributed by atoms with van der Waals surface area (Å²) in [6.45, 7) is 4.03. The van der Waals surface area contributed by atoms with Gasteiger partial charge in [-0.15, -0.1) is 0 Å². The zero-order valence-electron chi connectivity index (χ0n) is 15.7. The van der Waals surface area contributed by atoms with Crippen molar-refractivity contribution in [1.29, 1.82) is 0 Å². The number of nitrogens with zero attached hydrogens (tertiary/aromatic N) is 1. The van der Waals surface area contributed by atoms with Crippen LogP contribution in [-0.2, 0) is 0 Å². The van der Waals surface area contributed by atoms with Gasteiger partial charge in [0.05, 0.1) is 16.8 Å². The van der Waals surface area contributed by atoms with Gasteiger partial charge in [-0.1, -0.05) is 60.1 Å². The first-order valence-corrected chi connectivity index (χ1v) is 9.44. The fraction of sp³-hybridized carbons (Fsp3) is 0.0833. The molecule has 0 radical (unpaired) electrons. The molecule has 138 valence electrons. The van der Waals surface area contributed by atoms with E-state index in [0.717, 1.165) is 33.3 Å². The number of benzene rings is 3. The van der Waals surface area contributed by atoms with E-state index in [-0.39, 0.29) is 5.91 Å². The molecule has 0 atom stereocenters. The lowest BCUT2D eigenvalue weighted by atomic mass is 10.0. The Morgan fingerprint density at radius 3 is 2.50 bits per heavy atom. The zero-order chi connectivity index (χ0) is 19.7. The molecular formula is C24H19ClN2O. The minimum Gasteiger partial charge on any atom is -0.322 e. The lowest BCUT2D eigenvalue weighted by Crippen LogP contribution is -2.14. The molecule has 0 fully saturated rings. The van der Waals surface area contributed by atoms with Gasteiger partial charge >= 0.3 is 0 Å². The molecule has 0 aliphatic heterocycles. The SMILES string of the molecule is Cc1cccc(NC(=O)c2cc(-c3ccccc3Cl)nc3ccccc23)c1C. The second-order valence-corrected chi connectivity index (χ2v) is 7.16. The Balaban J connectivity index is 1.84. The molecular weight excluding hydrogens is 368 g/mol. The van der Waals surface area contributed by atoms with E-state index in [2.05, 4.69) is 5.32 Å². The van der Waals surface area contributed by atoms with Gasteiger partial charge in [-0.2, -0.15) is 0 Å². The van der Waals surface area contributed by atoms with Gasteiger partial charge in [0.2, 0.25) is 0 Å². The smallest absolute Gasteiger partial charge is 0.256 e. The van der Waals surface area contributed by atoms with Gasteiger partial charge in [0.1, 0.15) is 0 Å². The standard InChI is InChI=1S/C24H19ClN2O/c1-15-8-7-13-21(16(15)2)27-24(28)19-14-23(18-10-3-5-11-20(18)25)26-22-12-6-4-9-17(19)22/h3-14H,1-2H3,(H,27,28). The summed E-state index contributed by atoms with van der Waals surface area (Å²) in [6.07, 6.45) is 0. The molecule has 0 spiro atoms. The number of halogens is 1. The van der Waals surface area contributed by atoms with Gasteiger partial charge in [0.25, 0.3) is 5.91 Å². The highest BCUT2D eigenvalue weighted by atomic mass is 35.5. The normalized spacial score (nSPS) is 10.8. The van der Waals surface area contributed by atoms with E-state index in [9.17, 15) is 4.79 Å². The van der Waals surface area contributed by atoms with Crippen LogP contribution >= 0.6 is 11.6 Å². The van der Waals surface area contributed by atoms with E-state index in [4.69, 9.17) is 16.6 Å². The molecule has 3 aromatic carbocycles. The third-order valence-electron chi connectivity index (χ3n) is 4.96. The summed E-state index contributed by atoms with van der Waals surface area (Å²) in [6, 6.07) is 22.9. The molecule has 0 saturated heterocycles. The summed E-state index contributed by atoms with van der Waals surface area (Å²) in [5.74, 6) is -0.166. The van der Waals surface area contributed by atoms with Crippen molar-refractivity contribution in [2.45, 2.75) is 13.8 Å². The average Bonchev–Trinajstić information content (AvgIpc) is 2.71. The van der Waals surface area contributed by atoms with Crippen LogP contribution in [0.15, 0.2) is 72.8 Å². The van der Waals surface area contributed by atoms with Crippen molar-refractivity contribution in [3.8, 4) is 11.3 Å². The molecule has 0 aliphatic carbocycles. The Labute approximate surface area is 169 Å². The molecule has 28 heavy (non-hydrogen) atoms. The molecule has 1 N–H and O–H groups in total. The molecule has 0 bridgehead atoms. The summed E-state index contributed by atoms with van der Waals surface area (Å²) >= 11 is 6.37. The van der Waals surface area contributed by atoms with Crippen molar-refractivity contribution in [2.24, 2.45) is 0 Å². The molecule has 3 nitrogen and oxygen atoms in total. The van der Waals surface area contributed by atoms with Gasteiger partial charge in [0.15, 0.2) is 0 Å². The number of amides is 1. The molecule has 4 aromatic rings. The summed E-state index contributed by atoms with van der Waals surface area (Å²) in [4.78, 5) is 17.9. The second kappa shape index (κ2) is 7.45. The van der Waals surface area contributed by atoms with Gasteiger partial charge in [-0.05, 0) is 49.2 Å². The number of aryl methyl sites for hydroxylation is 1. The van der Waals surface area contributed by atoms with Crippen LogP contribution in [0.1, 0.15) is 21.5 Å². The highest BCUT2D eigenvalue weighted by molar-refractivity contribution is 6.33. The van der Waals surface area contributed by atoms with Crippen molar-refractivity contribution in [3.05, 3.63) is 94.5 Å². The maximum Gasteiger partial charge on any atom is 0.256 e. The quantitative estimate of drug-likeness (QED) is 0.441. The van der Waals surface area contributed by atoms with Crippen LogP contribution < -0.4 is 5.32 Å². The van der Waals surface area contributed by atoms with Crippen molar-refractivity contribution < 1.29 is 4.79 Å². The Hall–Kier alpha value is -3.17. The topological polar surface area (TPSA) is 42.0 Å². The molecule has 4 heteroatoms. The van der Waals surface area contributed by atoms with E-state index in [1.807, 2.05) is 86.6 Å². The second-order valence-electron chi connectivity index (χ2n) is 6.75. The molecule has 0 saturated carbocycles. The predicted molar refractivity (Wildman–Crippen MR) is 116 cm³/mol. The minimum atomic E-state index is -0.166. The van der Waals surface area contributed by atoms with Crippen LogP contribution in [0.3, 0.4) is 0 Å². The Morgan fingerprint density at radius 2 is 1.68 bits per heavy atom. The number of fused-ring (bicyclic) bond motifs is 1. The highest BCUT2D eigenvalue weighted by Gasteiger charge is 2.16. The van der Waals surface area contributed by atoms with Crippen LogP contribution in [0, 0.1) is 13.8 Å². The summed E-state index contributed by atoms with van der Waals surface area (Å²) in [7, 11) is 0. The number of hydrogen-bond acceptors (Lipinski definition) is 2. The molecule has 1 amide bonds. The van der Waals surface area contributed by atoms with Gasteiger partial charge in [-0.3, -0.25) is 4.79 Å². The third kappa shape index (κ3) is 3.37. The number of pyridine rings is 1. The van der Waals surface area contributed by atoms with Crippen molar-refractivity contribution >= 4 is 34.1 Å². The molecule has 4 rings (SSSR count). The lowest BCUT2D eigenvalue weighted by Gasteiger charge is -2.13. The number of hydrogen-bond donors (Lipinski definition) is 1. The van der Waals surface area contributed by atoms with Gasteiger partial charge in [-0.25, -0.2) is 4.98 Å². The number of para-hydroxylation sites is 1. The van der Waals surface area contributed by atoms with E-state index in [1.165, 1.54) is 0 Å². The van der Waals surface area contributed by atoms with Crippen molar-refractivity contribution in [3.63, 3.8) is 0 Å². The lowest BCUT2D eigenvalue weighted by molar-refractivity contribution is 0.102. The first kappa shape index (κ1) is 18.2. The number of rotatable bonds is 3. The Morgan fingerprint density at radius 1 is 0.929 bits per heavy atom. The van der Waals surface area contributed by atoms with E-state index >= 15 is 0 Å². The summed E-state index contributed by atoms with van der Waals surface area (Å²) in [5.41, 5.74) is 5.80. The largest absolute Gasteiger partial charge is 0.322 e. The highest BCUT2D eigenvalue weighted by Crippen LogP contribution is 2.30. The fourth-order valence-electron chi connectivity index (χ4n) is 3.25. The predicted octanol–water partition coefficient (Wildman–Crippen LogP) is 6.42. The van der Waals surface area contributed by atoms with Crippen LogP contribution in [0.25, 0.3) is 22.2 Å². The molecule has 0 aliphatic rings. The van der Waals surface area contributed by atoms with Crippen LogP contribution in [0.5, 0.6) is 0 Å². The van der Waals surface area contributed by atoms with Crippen LogP contribution in [-0.4, -0.2) is 10.9 Å². The number of nitrogens with one attached hydrogen (secondary N) is 1. The Kier molecular flexibility index (Phi) is 4.84. The number of carbonyl (C=O) groups excluding carboxylic acids is 1. The van der Waals surface area contributed by atoms with Crippen LogP contribution in [0.4, 0.5) is 5.69 Å². The number of aromatic nitrogens is 1. The first-order valence-electron chi connectivity index (χ1n) is 9.07. The average molecular weight is 387 g/mol. The van der Waals surface area contributed by atoms with Gasteiger partial charge in [0, 0.05) is 21.7 Å². The molecule has 1 heterocycles. The zero-order valence-corrected chi connectivity index (χ0v) is 16.4. The van der Waals surface area contributed by atoms with Crippen molar-refractivity contribution in [1.82, 2.24) is 4.98 Å². The minimum absolute atomic E-state index is 0.166. The van der Waals surface area contributed by atoms with Crippen molar-refractivity contribution in [2.75, 3.05) is 5.32 Å². The molecule has 0 unspecified atom stereocenters. The maximum absolute atomic E-state index is 13.2. The van der Waals surface area contributed by atoms with E-state index in [0.29, 0.717) is 16.3 Å². The number of anilines is 1. The number of carbonyl (C=O) groups is 1. The first-order chi connectivity index (χ1) is 13.5. The van der Waals surface area contributed by atoms with Crippen LogP contribution in [0.2, 0.25) is 5.02 Å². The summed E-state index contributed by atoms with van der Waals surface area (Å²) in [5, 5.41) is 4.46.